The van der Waals surface area contributed by atoms with Crippen LogP contribution < -0.4 is 4.74 Å². The Kier molecular flexibility index (Phi) is 3.62. The van der Waals surface area contributed by atoms with Crippen molar-refractivity contribution in [2.45, 2.75) is 0 Å². The average molecular weight is 347 g/mol. The van der Waals surface area contributed by atoms with Crippen molar-refractivity contribution in [2.24, 2.45) is 0 Å². The maximum absolute atomic E-state index is 9.94. The number of halogens is 1. The number of nitrogens with zero attached hydrogens (tertiary/aromatic N) is 2. The highest BCUT2D eigenvalue weighted by molar-refractivity contribution is 9.10. The van der Waals surface area contributed by atoms with Gasteiger partial charge in [-0.25, -0.2) is 0 Å². The molecule has 0 aliphatic carbocycles. The van der Waals surface area contributed by atoms with Crippen molar-refractivity contribution in [3.63, 3.8) is 0 Å². The van der Waals surface area contributed by atoms with Crippen LogP contribution in [0.2, 0.25) is 0 Å². The summed E-state index contributed by atoms with van der Waals surface area (Å²) in [5.41, 5.74) is 1.21. The Morgan fingerprint density at radius 2 is 1.95 bits per heavy atom. The maximum Gasteiger partial charge on any atom is 0.262 e. The fraction of sp³-hybridized carbons (Fsp3) is 0.0667. The third-order valence-corrected chi connectivity index (χ3v) is 3.46. The van der Waals surface area contributed by atoms with Gasteiger partial charge >= 0.3 is 0 Å². The number of benzene rings is 2. The second-order valence-electron chi connectivity index (χ2n) is 4.28. The third-order valence-electron chi connectivity index (χ3n) is 2.96. The molecule has 2 aromatic carbocycles. The molecule has 0 amide bonds. The van der Waals surface area contributed by atoms with Crippen molar-refractivity contribution in [3.8, 4) is 34.3 Å². The lowest BCUT2D eigenvalue weighted by molar-refractivity contribution is 0.412. The van der Waals surface area contributed by atoms with Crippen LogP contribution in [0.5, 0.6) is 11.5 Å². The van der Waals surface area contributed by atoms with Crippen LogP contribution in [0.1, 0.15) is 0 Å². The van der Waals surface area contributed by atoms with Crippen LogP contribution in [0.25, 0.3) is 22.8 Å². The molecular weight excluding hydrogens is 336 g/mol. The molecule has 21 heavy (non-hydrogen) atoms. The van der Waals surface area contributed by atoms with Gasteiger partial charge in [0.25, 0.3) is 5.89 Å². The van der Waals surface area contributed by atoms with E-state index in [0.29, 0.717) is 17.1 Å². The number of aromatic nitrogens is 2. The van der Waals surface area contributed by atoms with Crippen LogP contribution in [0.4, 0.5) is 0 Å². The number of ether oxygens (including phenoxy) is 1. The Hall–Kier alpha value is -2.34. The smallest absolute Gasteiger partial charge is 0.262 e. The number of phenolic OH excluding ortho intramolecular Hbond substituents is 1. The van der Waals surface area contributed by atoms with Gasteiger partial charge in [-0.2, -0.15) is 4.98 Å². The summed E-state index contributed by atoms with van der Waals surface area (Å²) in [5, 5.41) is 13.9. The normalized spacial score (nSPS) is 10.6. The molecule has 0 fully saturated rings. The second-order valence-corrected chi connectivity index (χ2v) is 5.20. The van der Waals surface area contributed by atoms with Crippen LogP contribution in [0.3, 0.4) is 0 Å². The molecule has 3 rings (SSSR count). The standard InChI is InChI=1S/C15H11BrN2O3/c1-20-13-5-3-2-4-11(13)14-17-15(21-18-14)10-7-6-9(16)8-12(10)19/h2-8,19H,1H3. The predicted molar refractivity (Wildman–Crippen MR) is 81.1 cm³/mol. The fourth-order valence-electron chi connectivity index (χ4n) is 1.96. The number of methoxy groups -OCH3 is 1. The van der Waals surface area contributed by atoms with Gasteiger partial charge in [-0.15, -0.1) is 0 Å². The SMILES string of the molecule is COc1ccccc1-c1noc(-c2ccc(Br)cc2O)n1. The maximum atomic E-state index is 9.94. The predicted octanol–water partition coefficient (Wildman–Crippen LogP) is 3.88. The van der Waals surface area contributed by atoms with Crippen molar-refractivity contribution < 1.29 is 14.4 Å². The zero-order valence-electron chi connectivity index (χ0n) is 11.1. The number of hydrogen-bond acceptors (Lipinski definition) is 5. The van der Waals surface area contributed by atoms with Crippen LogP contribution >= 0.6 is 15.9 Å². The molecule has 0 radical (unpaired) electrons. The van der Waals surface area contributed by atoms with E-state index in [9.17, 15) is 5.11 Å². The van der Waals surface area contributed by atoms with Crippen LogP contribution in [-0.2, 0) is 0 Å². The number of hydrogen-bond donors (Lipinski definition) is 1. The van der Waals surface area contributed by atoms with Crippen molar-refractivity contribution in [2.75, 3.05) is 7.11 Å². The van der Waals surface area contributed by atoms with E-state index in [1.54, 1.807) is 25.3 Å². The van der Waals surface area contributed by atoms with E-state index in [-0.39, 0.29) is 11.6 Å². The van der Waals surface area contributed by atoms with E-state index < -0.39 is 0 Å². The molecule has 0 unspecified atom stereocenters. The van der Waals surface area contributed by atoms with E-state index in [4.69, 9.17) is 9.26 Å². The third kappa shape index (κ3) is 2.62. The van der Waals surface area contributed by atoms with E-state index in [1.807, 2.05) is 24.3 Å². The van der Waals surface area contributed by atoms with Crippen molar-refractivity contribution in [1.29, 1.82) is 0 Å². The van der Waals surface area contributed by atoms with Crippen LogP contribution in [-0.4, -0.2) is 22.4 Å². The van der Waals surface area contributed by atoms with Gasteiger partial charge in [0, 0.05) is 4.47 Å². The minimum Gasteiger partial charge on any atom is -0.507 e. The Bertz CT molecular complexity index is 786. The van der Waals surface area contributed by atoms with Crippen molar-refractivity contribution >= 4 is 15.9 Å². The Morgan fingerprint density at radius 1 is 1.14 bits per heavy atom. The number of rotatable bonds is 3. The van der Waals surface area contributed by atoms with Gasteiger partial charge in [0.15, 0.2) is 0 Å². The first-order chi connectivity index (χ1) is 10.2. The van der Waals surface area contributed by atoms with E-state index in [0.717, 1.165) is 10.0 Å². The summed E-state index contributed by atoms with van der Waals surface area (Å²) in [6.07, 6.45) is 0. The van der Waals surface area contributed by atoms with Gasteiger partial charge < -0.3 is 14.4 Å². The van der Waals surface area contributed by atoms with Crippen LogP contribution in [0.15, 0.2) is 51.5 Å². The molecule has 0 aliphatic rings. The fourth-order valence-corrected chi connectivity index (χ4v) is 2.31. The largest absolute Gasteiger partial charge is 0.507 e. The van der Waals surface area contributed by atoms with Crippen LogP contribution in [0, 0.1) is 0 Å². The molecule has 6 heteroatoms. The minimum absolute atomic E-state index is 0.0691. The molecule has 0 aliphatic heterocycles. The van der Waals surface area contributed by atoms with Gasteiger partial charge in [0.05, 0.1) is 18.2 Å². The number of phenols is 1. The molecule has 0 saturated heterocycles. The first-order valence-electron chi connectivity index (χ1n) is 6.15. The molecular formula is C15H11BrN2O3. The van der Waals surface area contributed by atoms with Gasteiger partial charge in [-0.05, 0) is 30.3 Å². The lowest BCUT2D eigenvalue weighted by atomic mass is 10.2. The zero-order chi connectivity index (χ0) is 14.8. The number of para-hydroxylation sites is 1. The summed E-state index contributed by atoms with van der Waals surface area (Å²) in [5.74, 6) is 1.38. The summed E-state index contributed by atoms with van der Waals surface area (Å²) in [6.45, 7) is 0. The lowest BCUT2D eigenvalue weighted by Crippen LogP contribution is -1.88. The molecule has 1 heterocycles. The first kappa shape index (κ1) is 13.6. The lowest BCUT2D eigenvalue weighted by Gasteiger charge is -2.03. The van der Waals surface area contributed by atoms with Gasteiger partial charge in [0.2, 0.25) is 5.82 Å². The molecule has 0 atom stereocenters. The van der Waals surface area contributed by atoms with Gasteiger partial charge in [-0.1, -0.05) is 33.2 Å². The van der Waals surface area contributed by atoms with E-state index in [2.05, 4.69) is 26.1 Å². The topological polar surface area (TPSA) is 68.4 Å². The molecule has 106 valence electrons. The van der Waals surface area contributed by atoms with E-state index >= 15 is 0 Å². The Morgan fingerprint density at radius 3 is 2.71 bits per heavy atom. The van der Waals surface area contributed by atoms with Crippen molar-refractivity contribution in [1.82, 2.24) is 10.1 Å². The molecule has 1 N–H and O–H groups in total. The quantitative estimate of drug-likeness (QED) is 0.779. The van der Waals surface area contributed by atoms with E-state index in [1.165, 1.54) is 0 Å². The Labute approximate surface area is 129 Å². The average Bonchev–Trinajstić information content (AvgIpc) is 2.96. The molecule has 0 spiro atoms. The molecule has 3 aromatic rings. The molecule has 5 nitrogen and oxygen atoms in total. The first-order valence-corrected chi connectivity index (χ1v) is 6.94. The highest BCUT2D eigenvalue weighted by Gasteiger charge is 2.16. The Balaban J connectivity index is 2.04. The highest BCUT2D eigenvalue weighted by Crippen LogP contribution is 2.33. The monoisotopic (exact) mass is 346 g/mol. The molecule has 1 aromatic heterocycles. The molecule has 0 saturated carbocycles. The highest BCUT2D eigenvalue weighted by atomic mass is 79.9. The summed E-state index contributed by atoms with van der Waals surface area (Å²) in [4.78, 5) is 4.32. The summed E-state index contributed by atoms with van der Waals surface area (Å²) >= 11 is 3.29. The number of aromatic hydroxyl groups is 1. The van der Waals surface area contributed by atoms with Gasteiger partial charge in [-0.3, -0.25) is 0 Å². The summed E-state index contributed by atoms with van der Waals surface area (Å²) in [7, 11) is 1.58. The summed E-state index contributed by atoms with van der Waals surface area (Å²) in [6, 6.07) is 12.5. The summed E-state index contributed by atoms with van der Waals surface area (Å²) < 4.78 is 11.3. The minimum atomic E-state index is 0.0691. The van der Waals surface area contributed by atoms with Crippen molar-refractivity contribution in [3.05, 3.63) is 46.9 Å². The van der Waals surface area contributed by atoms with Gasteiger partial charge in [0.1, 0.15) is 11.5 Å². The second kappa shape index (κ2) is 5.57. The molecule has 0 bridgehead atoms. The zero-order valence-corrected chi connectivity index (χ0v) is 12.7.